The molecule has 1 aliphatic rings. The molecule has 0 saturated carbocycles. The second-order valence-electron chi connectivity index (χ2n) is 7.05. The summed E-state index contributed by atoms with van der Waals surface area (Å²) in [6, 6.07) is 13.8. The Morgan fingerprint density at radius 1 is 1.07 bits per heavy atom. The molecule has 1 atom stereocenters. The van der Waals surface area contributed by atoms with Crippen LogP contribution < -0.4 is 10.1 Å². The van der Waals surface area contributed by atoms with Gasteiger partial charge in [0.25, 0.3) is 5.91 Å². The number of carbonyl (C=O) groups is 1. The van der Waals surface area contributed by atoms with E-state index in [1.807, 2.05) is 31.2 Å². The highest BCUT2D eigenvalue weighted by Crippen LogP contribution is 2.23. The van der Waals surface area contributed by atoms with E-state index in [1.165, 1.54) is 10.4 Å². The highest BCUT2D eigenvalue weighted by Gasteiger charge is 2.26. The van der Waals surface area contributed by atoms with Gasteiger partial charge in [-0.25, -0.2) is 8.42 Å². The van der Waals surface area contributed by atoms with Crippen LogP contribution in [0.3, 0.4) is 0 Å². The van der Waals surface area contributed by atoms with Crippen molar-refractivity contribution in [2.45, 2.75) is 44.1 Å². The Morgan fingerprint density at radius 3 is 2.43 bits per heavy atom. The number of hydrogen-bond donors (Lipinski definition) is 1. The van der Waals surface area contributed by atoms with Crippen LogP contribution in [0.2, 0.25) is 0 Å². The molecule has 1 aliphatic heterocycles. The van der Waals surface area contributed by atoms with Gasteiger partial charge in [-0.05, 0) is 57.0 Å². The number of benzene rings is 2. The fraction of sp³-hybridized carbons (Fsp3) is 0.381. The molecule has 150 valence electrons. The predicted octanol–water partition coefficient (Wildman–Crippen LogP) is 3.58. The fourth-order valence-corrected chi connectivity index (χ4v) is 4.67. The van der Waals surface area contributed by atoms with E-state index in [0.717, 1.165) is 24.8 Å². The van der Waals surface area contributed by atoms with Crippen molar-refractivity contribution < 1.29 is 17.9 Å². The fourth-order valence-electron chi connectivity index (χ4n) is 3.11. The van der Waals surface area contributed by atoms with Crippen LogP contribution in [-0.2, 0) is 14.8 Å². The van der Waals surface area contributed by atoms with Crippen LogP contribution in [0.4, 0.5) is 5.69 Å². The van der Waals surface area contributed by atoms with Crippen molar-refractivity contribution in [3.05, 3.63) is 54.1 Å². The quantitative estimate of drug-likeness (QED) is 0.801. The van der Waals surface area contributed by atoms with Gasteiger partial charge in [0.05, 0.1) is 4.90 Å². The molecule has 7 heteroatoms. The summed E-state index contributed by atoms with van der Waals surface area (Å²) in [4.78, 5) is 12.6. The summed E-state index contributed by atoms with van der Waals surface area (Å²) >= 11 is 0. The van der Waals surface area contributed by atoms with Crippen LogP contribution >= 0.6 is 0 Å². The van der Waals surface area contributed by atoms with Crippen LogP contribution in [0.25, 0.3) is 0 Å². The van der Waals surface area contributed by atoms with E-state index in [9.17, 15) is 13.2 Å². The van der Waals surface area contributed by atoms with Gasteiger partial charge in [0.2, 0.25) is 10.0 Å². The number of nitrogens with zero attached hydrogens (tertiary/aromatic N) is 1. The van der Waals surface area contributed by atoms with E-state index in [1.54, 1.807) is 25.1 Å². The molecule has 1 fully saturated rings. The molecular weight excluding hydrogens is 376 g/mol. The van der Waals surface area contributed by atoms with Gasteiger partial charge in [0.15, 0.2) is 6.10 Å². The average Bonchev–Trinajstić information content (AvgIpc) is 2.70. The average molecular weight is 403 g/mol. The maximum atomic E-state index is 12.8. The van der Waals surface area contributed by atoms with Crippen LogP contribution in [0, 0.1) is 6.92 Å². The number of rotatable bonds is 6. The number of sulfonamides is 1. The van der Waals surface area contributed by atoms with Crippen LogP contribution in [0.15, 0.2) is 53.4 Å². The molecule has 0 unspecified atom stereocenters. The van der Waals surface area contributed by atoms with Gasteiger partial charge in [-0.15, -0.1) is 0 Å². The smallest absolute Gasteiger partial charge is 0.265 e. The van der Waals surface area contributed by atoms with E-state index in [-0.39, 0.29) is 10.8 Å². The van der Waals surface area contributed by atoms with Crippen molar-refractivity contribution in [3.8, 4) is 5.75 Å². The van der Waals surface area contributed by atoms with E-state index < -0.39 is 16.1 Å². The van der Waals surface area contributed by atoms with Gasteiger partial charge < -0.3 is 10.1 Å². The normalized spacial score (nSPS) is 16.4. The van der Waals surface area contributed by atoms with Gasteiger partial charge in [-0.2, -0.15) is 4.31 Å². The maximum absolute atomic E-state index is 12.8. The summed E-state index contributed by atoms with van der Waals surface area (Å²) in [5, 5.41) is 2.74. The van der Waals surface area contributed by atoms with Gasteiger partial charge in [-0.3, -0.25) is 4.79 Å². The van der Waals surface area contributed by atoms with Crippen LogP contribution in [0.1, 0.15) is 31.7 Å². The zero-order valence-electron chi connectivity index (χ0n) is 16.2. The highest BCUT2D eigenvalue weighted by atomic mass is 32.2. The van der Waals surface area contributed by atoms with Crippen molar-refractivity contribution in [2.24, 2.45) is 0 Å². The lowest BCUT2D eigenvalue weighted by molar-refractivity contribution is -0.122. The minimum atomic E-state index is -3.54. The topological polar surface area (TPSA) is 75.7 Å². The third kappa shape index (κ3) is 4.91. The number of nitrogens with one attached hydrogen (secondary N) is 1. The van der Waals surface area contributed by atoms with E-state index in [2.05, 4.69) is 5.32 Å². The van der Waals surface area contributed by atoms with Gasteiger partial charge in [0, 0.05) is 18.8 Å². The van der Waals surface area contributed by atoms with Gasteiger partial charge in [-0.1, -0.05) is 30.2 Å². The largest absolute Gasteiger partial charge is 0.481 e. The summed E-state index contributed by atoms with van der Waals surface area (Å²) in [5.41, 5.74) is 1.54. The molecule has 0 radical (unpaired) electrons. The van der Waals surface area contributed by atoms with Crippen molar-refractivity contribution in [1.29, 1.82) is 0 Å². The molecule has 1 amide bonds. The molecule has 1 saturated heterocycles. The lowest BCUT2D eigenvalue weighted by Gasteiger charge is -2.26. The Bertz CT molecular complexity index is 920. The number of hydrogen-bond acceptors (Lipinski definition) is 4. The molecule has 1 N–H and O–H groups in total. The first kappa shape index (κ1) is 20.4. The molecular formula is C21H26N2O4S. The Balaban J connectivity index is 1.68. The molecule has 1 heterocycles. The van der Waals surface area contributed by atoms with E-state index in [4.69, 9.17) is 4.74 Å². The number of anilines is 1. The molecule has 6 nitrogen and oxygen atoms in total. The van der Waals surface area contributed by atoms with E-state index in [0.29, 0.717) is 24.5 Å². The SMILES string of the molecule is Cc1ccc(O[C@@H](C)C(=O)Nc2cccc(S(=O)(=O)N3CCCCC3)c2)cc1. The molecule has 0 bridgehead atoms. The summed E-state index contributed by atoms with van der Waals surface area (Å²) in [6.45, 7) is 4.72. The Labute approximate surface area is 166 Å². The molecule has 0 spiro atoms. The second-order valence-corrected chi connectivity index (χ2v) is 8.99. The second kappa shape index (κ2) is 8.75. The number of ether oxygens (including phenoxy) is 1. The highest BCUT2D eigenvalue weighted by molar-refractivity contribution is 7.89. The monoisotopic (exact) mass is 402 g/mol. The zero-order chi connectivity index (χ0) is 20.1. The maximum Gasteiger partial charge on any atom is 0.265 e. The summed E-state index contributed by atoms with van der Waals surface area (Å²) in [6.07, 6.45) is 2.10. The predicted molar refractivity (Wildman–Crippen MR) is 109 cm³/mol. The Kier molecular flexibility index (Phi) is 6.36. The first-order valence-electron chi connectivity index (χ1n) is 9.51. The van der Waals surface area contributed by atoms with Gasteiger partial charge in [0.1, 0.15) is 5.75 Å². The molecule has 0 aliphatic carbocycles. The van der Waals surface area contributed by atoms with Crippen molar-refractivity contribution in [1.82, 2.24) is 4.31 Å². The summed E-state index contributed by atoms with van der Waals surface area (Å²) in [7, 11) is -3.54. The van der Waals surface area contributed by atoms with Crippen molar-refractivity contribution in [3.63, 3.8) is 0 Å². The number of amides is 1. The Morgan fingerprint density at radius 2 is 1.75 bits per heavy atom. The van der Waals surface area contributed by atoms with Crippen molar-refractivity contribution in [2.75, 3.05) is 18.4 Å². The lowest BCUT2D eigenvalue weighted by atomic mass is 10.2. The minimum absolute atomic E-state index is 0.194. The molecule has 0 aromatic heterocycles. The molecule has 2 aromatic carbocycles. The molecule has 3 rings (SSSR count). The number of carbonyl (C=O) groups excluding carboxylic acids is 1. The minimum Gasteiger partial charge on any atom is -0.481 e. The van der Waals surface area contributed by atoms with Crippen molar-refractivity contribution >= 4 is 21.6 Å². The third-order valence-electron chi connectivity index (χ3n) is 4.76. The first-order valence-corrected chi connectivity index (χ1v) is 10.9. The lowest BCUT2D eigenvalue weighted by Crippen LogP contribution is -2.35. The number of aryl methyl sites for hydroxylation is 1. The summed E-state index contributed by atoms with van der Waals surface area (Å²) in [5.74, 6) is 0.266. The summed E-state index contributed by atoms with van der Waals surface area (Å²) < 4.78 is 32.8. The molecule has 2 aromatic rings. The van der Waals surface area contributed by atoms with Crippen LogP contribution in [0.5, 0.6) is 5.75 Å². The standard InChI is InChI=1S/C21H26N2O4S/c1-16-9-11-19(12-10-16)27-17(2)21(24)22-18-7-6-8-20(15-18)28(25,26)23-13-4-3-5-14-23/h6-12,15,17H,3-5,13-14H2,1-2H3,(H,22,24)/t17-/m0/s1. The number of piperidine rings is 1. The van der Waals surface area contributed by atoms with Gasteiger partial charge >= 0.3 is 0 Å². The Hall–Kier alpha value is -2.38. The zero-order valence-corrected chi connectivity index (χ0v) is 17.0. The first-order chi connectivity index (χ1) is 13.4. The van der Waals surface area contributed by atoms with E-state index >= 15 is 0 Å². The third-order valence-corrected chi connectivity index (χ3v) is 6.65. The van der Waals surface area contributed by atoms with Crippen LogP contribution in [-0.4, -0.2) is 37.8 Å². The molecule has 28 heavy (non-hydrogen) atoms.